The minimum atomic E-state index is 0.405. The Morgan fingerprint density at radius 3 is 3.21 bits per heavy atom. The summed E-state index contributed by atoms with van der Waals surface area (Å²) in [6.07, 6.45) is 6.78. The molecule has 4 heteroatoms. The number of rotatable bonds is 3. The molecule has 1 aliphatic rings. The summed E-state index contributed by atoms with van der Waals surface area (Å²) in [4.78, 5) is 5.36. The van der Waals surface area contributed by atoms with Crippen LogP contribution in [0.3, 0.4) is 0 Å². The van der Waals surface area contributed by atoms with Gasteiger partial charge in [0, 0.05) is 29.7 Å². The quantitative estimate of drug-likeness (QED) is 0.796. The van der Waals surface area contributed by atoms with Crippen molar-refractivity contribution in [3.63, 3.8) is 0 Å². The number of thiazole rings is 1. The summed E-state index contributed by atoms with van der Waals surface area (Å²) in [6, 6.07) is 1.02. The summed E-state index contributed by atoms with van der Waals surface area (Å²) in [6.45, 7) is 0.946. The molecule has 0 saturated heterocycles. The van der Waals surface area contributed by atoms with E-state index in [1.54, 1.807) is 11.3 Å². The van der Waals surface area contributed by atoms with Gasteiger partial charge >= 0.3 is 0 Å². The summed E-state index contributed by atoms with van der Waals surface area (Å²) >= 11 is 1.71. The van der Waals surface area contributed by atoms with E-state index in [0.29, 0.717) is 12.1 Å². The molecule has 0 aliphatic heterocycles. The van der Waals surface area contributed by atoms with Gasteiger partial charge in [0.05, 0.1) is 5.51 Å². The summed E-state index contributed by atoms with van der Waals surface area (Å²) in [5.41, 5.74) is 7.80. The molecule has 2 rings (SSSR count). The van der Waals surface area contributed by atoms with E-state index in [-0.39, 0.29) is 0 Å². The highest BCUT2D eigenvalue weighted by molar-refractivity contribution is 7.09. The molecule has 0 aromatic carbocycles. The number of nitrogens with one attached hydrogen (secondary N) is 1. The van der Waals surface area contributed by atoms with Crippen molar-refractivity contribution in [2.24, 2.45) is 5.73 Å². The van der Waals surface area contributed by atoms with Gasteiger partial charge in [-0.3, -0.25) is 4.98 Å². The molecular formula is C10H17N3S. The Balaban J connectivity index is 1.75. The molecule has 0 spiro atoms. The average Bonchev–Trinajstić information content (AvgIpc) is 2.67. The second-order valence-electron chi connectivity index (χ2n) is 3.97. The molecule has 3 N–H and O–H groups in total. The van der Waals surface area contributed by atoms with Crippen LogP contribution in [-0.4, -0.2) is 17.1 Å². The maximum absolute atomic E-state index is 5.92. The summed E-state index contributed by atoms with van der Waals surface area (Å²) in [5.74, 6) is 0. The van der Waals surface area contributed by atoms with Gasteiger partial charge in [0.1, 0.15) is 0 Å². The lowest BCUT2D eigenvalue weighted by atomic mass is 9.92. The zero-order valence-corrected chi connectivity index (χ0v) is 9.09. The van der Waals surface area contributed by atoms with Gasteiger partial charge in [-0.25, -0.2) is 0 Å². The number of hydrogen-bond acceptors (Lipinski definition) is 4. The lowest BCUT2D eigenvalue weighted by Crippen LogP contribution is -2.38. The van der Waals surface area contributed by atoms with Gasteiger partial charge in [-0.15, -0.1) is 11.3 Å². The molecule has 3 nitrogen and oxygen atoms in total. The predicted octanol–water partition coefficient (Wildman–Crippen LogP) is 1.50. The molecule has 0 radical (unpaired) electrons. The largest absolute Gasteiger partial charge is 0.328 e. The first-order valence-electron chi connectivity index (χ1n) is 5.21. The van der Waals surface area contributed by atoms with E-state index >= 15 is 0 Å². The Morgan fingerprint density at radius 1 is 1.57 bits per heavy atom. The molecule has 78 valence electrons. The zero-order chi connectivity index (χ0) is 9.80. The fourth-order valence-corrected chi connectivity index (χ4v) is 2.53. The summed E-state index contributed by atoms with van der Waals surface area (Å²) < 4.78 is 0. The third kappa shape index (κ3) is 2.77. The SMILES string of the molecule is NC1CCCC(NCc2cncs2)C1. The van der Waals surface area contributed by atoms with E-state index in [1.165, 1.54) is 24.1 Å². The van der Waals surface area contributed by atoms with Crippen LogP contribution in [0.5, 0.6) is 0 Å². The van der Waals surface area contributed by atoms with Crippen molar-refractivity contribution in [3.8, 4) is 0 Å². The maximum atomic E-state index is 5.92. The minimum Gasteiger partial charge on any atom is -0.328 e. The van der Waals surface area contributed by atoms with Crippen LogP contribution in [0.1, 0.15) is 30.6 Å². The van der Waals surface area contributed by atoms with E-state index in [4.69, 9.17) is 5.73 Å². The topological polar surface area (TPSA) is 50.9 Å². The highest BCUT2D eigenvalue weighted by Gasteiger charge is 2.18. The minimum absolute atomic E-state index is 0.405. The van der Waals surface area contributed by atoms with Crippen molar-refractivity contribution in [1.29, 1.82) is 0 Å². The van der Waals surface area contributed by atoms with Gasteiger partial charge in [0.2, 0.25) is 0 Å². The van der Waals surface area contributed by atoms with Crippen LogP contribution in [0.15, 0.2) is 11.7 Å². The van der Waals surface area contributed by atoms with Gasteiger partial charge < -0.3 is 11.1 Å². The molecule has 2 unspecified atom stereocenters. The Labute approximate surface area is 88.7 Å². The molecule has 1 heterocycles. The van der Waals surface area contributed by atoms with Crippen molar-refractivity contribution >= 4 is 11.3 Å². The van der Waals surface area contributed by atoms with E-state index in [0.717, 1.165) is 13.0 Å². The molecule has 14 heavy (non-hydrogen) atoms. The normalized spacial score (nSPS) is 27.8. The third-order valence-electron chi connectivity index (χ3n) is 2.76. The van der Waals surface area contributed by atoms with E-state index in [9.17, 15) is 0 Å². The number of nitrogens with zero attached hydrogens (tertiary/aromatic N) is 1. The van der Waals surface area contributed by atoms with Gasteiger partial charge in [-0.1, -0.05) is 6.42 Å². The number of aromatic nitrogens is 1. The Hall–Kier alpha value is -0.450. The fourth-order valence-electron chi connectivity index (χ4n) is 1.99. The van der Waals surface area contributed by atoms with E-state index < -0.39 is 0 Å². The lowest BCUT2D eigenvalue weighted by Gasteiger charge is -2.27. The van der Waals surface area contributed by atoms with Crippen LogP contribution in [0.4, 0.5) is 0 Å². The van der Waals surface area contributed by atoms with Gasteiger partial charge in [-0.2, -0.15) is 0 Å². The first kappa shape index (κ1) is 10.1. The van der Waals surface area contributed by atoms with Crippen LogP contribution >= 0.6 is 11.3 Å². The lowest BCUT2D eigenvalue weighted by molar-refractivity contribution is 0.339. The monoisotopic (exact) mass is 211 g/mol. The van der Waals surface area contributed by atoms with Gasteiger partial charge in [-0.05, 0) is 19.3 Å². The summed E-state index contributed by atoms with van der Waals surface area (Å²) in [7, 11) is 0. The zero-order valence-electron chi connectivity index (χ0n) is 8.28. The summed E-state index contributed by atoms with van der Waals surface area (Å²) in [5, 5.41) is 3.54. The van der Waals surface area contributed by atoms with Crippen LogP contribution < -0.4 is 11.1 Å². The second kappa shape index (κ2) is 4.87. The van der Waals surface area contributed by atoms with Crippen molar-refractivity contribution < 1.29 is 0 Å². The van der Waals surface area contributed by atoms with Crippen LogP contribution in [-0.2, 0) is 6.54 Å². The first-order chi connectivity index (χ1) is 6.84. The number of hydrogen-bond donors (Lipinski definition) is 2. The molecular weight excluding hydrogens is 194 g/mol. The smallest absolute Gasteiger partial charge is 0.0794 e. The highest BCUT2D eigenvalue weighted by atomic mass is 32.1. The van der Waals surface area contributed by atoms with Crippen LogP contribution in [0, 0.1) is 0 Å². The maximum Gasteiger partial charge on any atom is 0.0794 e. The molecule has 2 atom stereocenters. The molecule has 1 aromatic rings. The Morgan fingerprint density at radius 2 is 2.50 bits per heavy atom. The van der Waals surface area contributed by atoms with E-state index in [2.05, 4.69) is 10.3 Å². The average molecular weight is 211 g/mol. The molecule has 1 fully saturated rings. The number of nitrogens with two attached hydrogens (primary N) is 1. The molecule has 1 saturated carbocycles. The molecule has 0 bridgehead atoms. The van der Waals surface area contributed by atoms with Gasteiger partial charge in [0.25, 0.3) is 0 Å². The predicted molar refractivity (Wildman–Crippen MR) is 59.2 cm³/mol. The van der Waals surface area contributed by atoms with Crippen molar-refractivity contribution in [3.05, 3.63) is 16.6 Å². The van der Waals surface area contributed by atoms with Crippen molar-refractivity contribution in [2.45, 2.75) is 44.3 Å². The first-order valence-corrected chi connectivity index (χ1v) is 6.09. The highest BCUT2D eigenvalue weighted by Crippen LogP contribution is 2.17. The fraction of sp³-hybridized carbons (Fsp3) is 0.700. The van der Waals surface area contributed by atoms with Crippen LogP contribution in [0.2, 0.25) is 0 Å². The Kier molecular flexibility index (Phi) is 3.50. The standard InChI is InChI=1S/C10H17N3S/c11-8-2-1-3-9(4-8)13-6-10-5-12-7-14-10/h5,7-9,13H,1-4,6,11H2. The van der Waals surface area contributed by atoms with E-state index in [1.807, 2.05) is 11.7 Å². The Bertz CT molecular complexity index is 260. The molecule has 1 aliphatic carbocycles. The molecule has 0 amide bonds. The van der Waals surface area contributed by atoms with Crippen molar-refractivity contribution in [2.75, 3.05) is 0 Å². The third-order valence-corrected chi connectivity index (χ3v) is 3.54. The second-order valence-corrected chi connectivity index (χ2v) is 4.94. The van der Waals surface area contributed by atoms with Crippen LogP contribution in [0.25, 0.3) is 0 Å². The molecule has 1 aromatic heterocycles. The van der Waals surface area contributed by atoms with Gasteiger partial charge in [0.15, 0.2) is 0 Å². The van der Waals surface area contributed by atoms with Crippen molar-refractivity contribution in [1.82, 2.24) is 10.3 Å².